The van der Waals surface area contributed by atoms with Crippen molar-refractivity contribution in [3.63, 3.8) is 0 Å². The molecular weight excluding hydrogens is 418 g/mol. The normalized spacial score (nSPS) is 10.8. The predicted octanol–water partition coefficient (Wildman–Crippen LogP) is 4.46. The number of nitrogens with one attached hydrogen (secondary N) is 1. The molecule has 0 unspecified atom stereocenters. The lowest BCUT2D eigenvalue weighted by atomic mass is 10.1. The molecule has 1 aromatic heterocycles. The number of halogens is 1. The maximum atomic E-state index is 12.6. The van der Waals surface area contributed by atoms with Gasteiger partial charge in [0.15, 0.2) is 0 Å². The van der Waals surface area contributed by atoms with Crippen molar-refractivity contribution in [1.29, 1.82) is 0 Å². The van der Waals surface area contributed by atoms with E-state index in [9.17, 15) is 9.59 Å². The van der Waals surface area contributed by atoms with Crippen molar-refractivity contribution in [2.75, 3.05) is 5.32 Å². The molecule has 0 saturated heterocycles. The molecule has 0 saturated carbocycles. The zero-order chi connectivity index (χ0) is 19.5. The number of carbonyl (C=O) groups excluding carboxylic acids is 1. The Labute approximate surface area is 169 Å². The van der Waals surface area contributed by atoms with Crippen LogP contribution in [0.5, 0.6) is 0 Å². The minimum Gasteiger partial charge on any atom is -0.324 e. The number of benzene rings is 3. The number of carbonyl (C=O) groups is 1. The van der Waals surface area contributed by atoms with Gasteiger partial charge in [-0.15, -0.1) is 0 Å². The second kappa shape index (κ2) is 7.78. The Balaban J connectivity index is 1.59. The van der Waals surface area contributed by atoms with Crippen LogP contribution in [0.25, 0.3) is 22.0 Å². The van der Waals surface area contributed by atoms with Gasteiger partial charge < -0.3 is 5.32 Å². The summed E-state index contributed by atoms with van der Waals surface area (Å²) in [4.78, 5) is 24.7. The van der Waals surface area contributed by atoms with E-state index in [1.54, 1.807) is 6.07 Å². The maximum Gasteiger partial charge on any atom is 0.267 e. The van der Waals surface area contributed by atoms with Crippen molar-refractivity contribution in [2.45, 2.75) is 6.54 Å². The SMILES string of the molecule is O=C(Cn1nc(-c2cccc(Br)c2)ccc1=O)Nc1cccc2ccccc12. The Kier molecular flexibility index (Phi) is 5.04. The highest BCUT2D eigenvalue weighted by Gasteiger charge is 2.10. The summed E-state index contributed by atoms with van der Waals surface area (Å²) < 4.78 is 2.09. The molecule has 4 aromatic rings. The first-order chi connectivity index (χ1) is 13.6. The van der Waals surface area contributed by atoms with E-state index in [1.165, 1.54) is 10.7 Å². The van der Waals surface area contributed by atoms with Gasteiger partial charge in [-0.2, -0.15) is 5.10 Å². The molecule has 0 atom stereocenters. The minimum absolute atomic E-state index is 0.163. The summed E-state index contributed by atoms with van der Waals surface area (Å²) in [6.45, 7) is -0.163. The summed E-state index contributed by atoms with van der Waals surface area (Å²) in [5.74, 6) is -0.308. The van der Waals surface area contributed by atoms with Gasteiger partial charge in [-0.25, -0.2) is 4.68 Å². The molecular formula is C22H16BrN3O2. The first-order valence-corrected chi connectivity index (χ1v) is 9.51. The van der Waals surface area contributed by atoms with Gasteiger partial charge >= 0.3 is 0 Å². The molecule has 0 aliphatic carbocycles. The monoisotopic (exact) mass is 433 g/mol. The van der Waals surface area contributed by atoms with E-state index in [4.69, 9.17) is 0 Å². The summed E-state index contributed by atoms with van der Waals surface area (Å²) in [6, 6.07) is 24.2. The molecule has 4 rings (SSSR count). The highest BCUT2D eigenvalue weighted by molar-refractivity contribution is 9.10. The second-order valence-electron chi connectivity index (χ2n) is 6.30. The largest absolute Gasteiger partial charge is 0.324 e. The van der Waals surface area contributed by atoms with Crippen LogP contribution in [0.1, 0.15) is 0 Å². The number of nitrogens with zero attached hydrogens (tertiary/aromatic N) is 2. The number of fused-ring (bicyclic) bond motifs is 1. The number of hydrogen-bond acceptors (Lipinski definition) is 3. The lowest BCUT2D eigenvalue weighted by Crippen LogP contribution is -2.29. The third kappa shape index (κ3) is 3.87. The molecule has 0 aliphatic rings. The van der Waals surface area contributed by atoms with Crippen molar-refractivity contribution in [1.82, 2.24) is 9.78 Å². The molecule has 28 heavy (non-hydrogen) atoms. The third-order valence-electron chi connectivity index (χ3n) is 4.34. The molecule has 0 fully saturated rings. The summed E-state index contributed by atoms with van der Waals surface area (Å²) in [5, 5.41) is 9.21. The zero-order valence-corrected chi connectivity index (χ0v) is 16.4. The minimum atomic E-state index is -0.327. The van der Waals surface area contributed by atoms with Crippen LogP contribution in [-0.2, 0) is 11.3 Å². The average Bonchev–Trinajstić information content (AvgIpc) is 2.70. The summed E-state index contributed by atoms with van der Waals surface area (Å²) in [6.07, 6.45) is 0. The second-order valence-corrected chi connectivity index (χ2v) is 7.22. The zero-order valence-electron chi connectivity index (χ0n) is 14.8. The van der Waals surface area contributed by atoms with Crippen molar-refractivity contribution in [3.8, 4) is 11.3 Å². The molecule has 5 nitrogen and oxygen atoms in total. The van der Waals surface area contributed by atoms with Crippen LogP contribution in [0.3, 0.4) is 0 Å². The summed E-state index contributed by atoms with van der Waals surface area (Å²) >= 11 is 3.43. The Morgan fingerprint density at radius 2 is 1.75 bits per heavy atom. The molecule has 0 bridgehead atoms. The predicted molar refractivity (Wildman–Crippen MR) is 114 cm³/mol. The molecule has 3 aromatic carbocycles. The van der Waals surface area contributed by atoms with Crippen molar-refractivity contribution in [2.24, 2.45) is 0 Å². The molecule has 138 valence electrons. The number of anilines is 1. The van der Waals surface area contributed by atoms with Crippen LogP contribution < -0.4 is 10.9 Å². The van der Waals surface area contributed by atoms with Gasteiger partial charge in [-0.1, -0.05) is 64.5 Å². The van der Waals surface area contributed by atoms with Crippen molar-refractivity contribution < 1.29 is 4.79 Å². The van der Waals surface area contributed by atoms with Gasteiger partial charge in [0.25, 0.3) is 5.56 Å². The fourth-order valence-corrected chi connectivity index (χ4v) is 3.42. The maximum absolute atomic E-state index is 12.6. The van der Waals surface area contributed by atoms with E-state index in [2.05, 4.69) is 26.3 Å². The molecule has 0 aliphatic heterocycles. The standard InChI is InChI=1S/C22H16BrN3O2/c23-17-8-3-7-16(13-17)19-11-12-22(28)26(25-19)14-21(27)24-20-10-4-6-15-5-1-2-9-18(15)20/h1-13H,14H2,(H,24,27). The Morgan fingerprint density at radius 3 is 2.61 bits per heavy atom. The molecule has 6 heteroatoms. The van der Waals surface area contributed by atoms with E-state index < -0.39 is 0 Å². The van der Waals surface area contributed by atoms with Crippen LogP contribution in [0.15, 0.2) is 88.1 Å². The number of rotatable bonds is 4. The van der Waals surface area contributed by atoms with Gasteiger partial charge in [0.2, 0.25) is 5.91 Å². The van der Waals surface area contributed by atoms with Gasteiger partial charge in [0.05, 0.1) is 5.69 Å². The quantitative estimate of drug-likeness (QED) is 0.516. The smallest absolute Gasteiger partial charge is 0.267 e. The van der Waals surface area contributed by atoms with Crippen LogP contribution in [0.4, 0.5) is 5.69 Å². The fourth-order valence-electron chi connectivity index (χ4n) is 3.02. The van der Waals surface area contributed by atoms with Gasteiger partial charge in [0.1, 0.15) is 6.54 Å². The van der Waals surface area contributed by atoms with Crippen LogP contribution >= 0.6 is 15.9 Å². The molecule has 0 radical (unpaired) electrons. The average molecular weight is 434 g/mol. The summed E-state index contributed by atoms with van der Waals surface area (Å²) in [7, 11) is 0. The van der Waals surface area contributed by atoms with Gasteiger partial charge in [-0.05, 0) is 29.7 Å². The van der Waals surface area contributed by atoms with E-state index in [0.717, 1.165) is 20.8 Å². The highest BCUT2D eigenvalue weighted by atomic mass is 79.9. The Bertz CT molecular complexity index is 1230. The van der Waals surface area contributed by atoms with Crippen molar-refractivity contribution >= 4 is 38.3 Å². The van der Waals surface area contributed by atoms with Gasteiger partial charge in [0, 0.05) is 27.2 Å². The Hall–Kier alpha value is -3.25. The molecule has 1 amide bonds. The lowest BCUT2D eigenvalue weighted by molar-refractivity contribution is -0.117. The number of hydrogen-bond donors (Lipinski definition) is 1. The Morgan fingerprint density at radius 1 is 0.964 bits per heavy atom. The highest BCUT2D eigenvalue weighted by Crippen LogP contribution is 2.23. The van der Waals surface area contributed by atoms with Crippen LogP contribution in [-0.4, -0.2) is 15.7 Å². The topological polar surface area (TPSA) is 64.0 Å². The molecule has 1 N–H and O–H groups in total. The van der Waals surface area contributed by atoms with E-state index >= 15 is 0 Å². The van der Waals surface area contributed by atoms with Crippen LogP contribution in [0.2, 0.25) is 0 Å². The van der Waals surface area contributed by atoms with E-state index in [-0.39, 0.29) is 18.0 Å². The van der Waals surface area contributed by atoms with Crippen LogP contribution in [0, 0.1) is 0 Å². The van der Waals surface area contributed by atoms with E-state index in [1.807, 2.05) is 66.7 Å². The number of aromatic nitrogens is 2. The first kappa shape index (κ1) is 18.1. The van der Waals surface area contributed by atoms with E-state index in [0.29, 0.717) is 11.4 Å². The lowest BCUT2D eigenvalue weighted by Gasteiger charge is -2.10. The molecule has 1 heterocycles. The number of amides is 1. The summed E-state index contributed by atoms with van der Waals surface area (Å²) in [5.41, 5.74) is 1.86. The first-order valence-electron chi connectivity index (χ1n) is 8.72. The van der Waals surface area contributed by atoms with Crippen molar-refractivity contribution in [3.05, 3.63) is 93.7 Å². The van der Waals surface area contributed by atoms with Gasteiger partial charge in [-0.3, -0.25) is 9.59 Å². The fraction of sp³-hybridized carbons (Fsp3) is 0.0455. The third-order valence-corrected chi connectivity index (χ3v) is 4.84. The molecule has 0 spiro atoms.